The molecule has 0 aliphatic carbocycles. The minimum Gasteiger partial charge on any atom is -0.474 e. The Balaban J connectivity index is 1.44. The van der Waals surface area contributed by atoms with Gasteiger partial charge in [-0.1, -0.05) is 6.07 Å². The predicted octanol–water partition coefficient (Wildman–Crippen LogP) is 1.10. The van der Waals surface area contributed by atoms with Gasteiger partial charge in [-0.15, -0.1) is 0 Å². The average Bonchev–Trinajstić information content (AvgIpc) is 3.31. The van der Waals surface area contributed by atoms with E-state index >= 15 is 0 Å². The molecule has 1 aliphatic heterocycles. The molecule has 1 atom stereocenters. The van der Waals surface area contributed by atoms with Crippen LogP contribution in [0.15, 0.2) is 36.7 Å². The molecule has 9 nitrogen and oxygen atoms in total. The molecule has 1 aliphatic rings. The van der Waals surface area contributed by atoms with Crippen LogP contribution in [-0.4, -0.2) is 51.1 Å². The summed E-state index contributed by atoms with van der Waals surface area (Å²) in [6.07, 6.45) is 3.05. The maximum Gasteiger partial charge on any atom is 0.272 e. The molecule has 1 N–H and O–H groups in total. The highest BCUT2D eigenvalue weighted by Crippen LogP contribution is 2.29. The zero-order chi connectivity index (χ0) is 21.4. The van der Waals surface area contributed by atoms with Crippen molar-refractivity contribution in [3.8, 4) is 5.88 Å². The molecule has 1 aromatic carbocycles. The molecule has 0 radical (unpaired) electrons. The first-order valence-corrected chi connectivity index (χ1v) is 9.04. The van der Waals surface area contributed by atoms with Crippen LogP contribution in [0.3, 0.4) is 0 Å². The first-order valence-electron chi connectivity index (χ1n) is 9.04. The lowest BCUT2D eigenvalue weighted by Gasteiger charge is -2.19. The highest BCUT2D eigenvalue weighted by molar-refractivity contribution is 6.02. The fourth-order valence-corrected chi connectivity index (χ4v) is 3.13. The van der Waals surface area contributed by atoms with Crippen LogP contribution in [0.4, 0.5) is 14.5 Å². The molecule has 4 rings (SSSR count). The van der Waals surface area contributed by atoms with Gasteiger partial charge in [0.2, 0.25) is 5.88 Å². The number of ether oxygens (including phenoxy) is 1. The van der Waals surface area contributed by atoms with E-state index in [0.29, 0.717) is 17.1 Å². The molecule has 11 heteroatoms. The fraction of sp³-hybridized carbons (Fsp3) is 0.263. The number of rotatable bonds is 4. The van der Waals surface area contributed by atoms with Crippen molar-refractivity contribution in [3.05, 3.63) is 59.6 Å². The molecular formula is C19H18F2N6O3. The van der Waals surface area contributed by atoms with Gasteiger partial charge in [-0.3, -0.25) is 14.3 Å². The predicted molar refractivity (Wildman–Crippen MR) is 101 cm³/mol. The number of amides is 2. The molecule has 3 aromatic rings. The van der Waals surface area contributed by atoms with E-state index in [9.17, 15) is 18.4 Å². The number of nitrogens with one attached hydrogen (secondary N) is 1. The van der Waals surface area contributed by atoms with Crippen molar-refractivity contribution in [2.75, 3.05) is 18.6 Å². The molecule has 0 saturated carbocycles. The van der Waals surface area contributed by atoms with Crippen molar-refractivity contribution in [1.29, 1.82) is 0 Å². The normalized spacial score (nSPS) is 16.1. The van der Waals surface area contributed by atoms with E-state index in [1.807, 2.05) is 0 Å². The number of benzene rings is 1. The topological polar surface area (TPSA) is 94.3 Å². The molecule has 2 aromatic heterocycles. The Hall–Kier alpha value is -3.76. The molecular weight excluding hydrogens is 398 g/mol. The lowest BCUT2D eigenvalue weighted by Crippen LogP contribution is -2.49. The summed E-state index contributed by atoms with van der Waals surface area (Å²) < 4.78 is 35.0. The van der Waals surface area contributed by atoms with Gasteiger partial charge in [0.15, 0.2) is 11.6 Å². The number of hydrogen-bond donors (Lipinski definition) is 1. The monoisotopic (exact) mass is 416 g/mol. The van der Waals surface area contributed by atoms with Crippen LogP contribution in [0.1, 0.15) is 16.1 Å². The third-order valence-corrected chi connectivity index (χ3v) is 4.75. The van der Waals surface area contributed by atoms with Crippen molar-refractivity contribution < 1.29 is 23.1 Å². The van der Waals surface area contributed by atoms with E-state index in [2.05, 4.69) is 15.5 Å². The standard InChI is InChI=1S/C19H18F2N6O3/c1-25-16-8-22-26(2)19(16)30-10-15(18(25)29)23-17(28)14-5-6-27(24-14)9-11-3-4-12(20)13(21)7-11/h3-8,15H,9-10H2,1-2H3,(H,23,28). The highest BCUT2D eigenvalue weighted by Gasteiger charge is 2.32. The molecule has 30 heavy (non-hydrogen) atoms. The summed E-state index contributed by atoms with van der Waals surface area (Å²) >= 11 is 0. The Morgan fingerprint density at radius 3 is 2.83 bits per heavy atom. The van der Waals surface area contributed by atoms with Crippen LogP contribution in [0.5, 0.6) is 5.88 Å². The van der Waals surface area contributed by atoms with Crippen LogP contribution in [0.25, 0.3) is 0 Å². The van der Waals surface area contributed by atoms with Crippen molar-refractivity contribution in [2.45, 2.75) is 12.6 Å². The smallest absolute Gasteiger partial charge is 0.272 e. The van der Waals surface area contributed by atoms with E-state index in [1.54, 1.807) is 14.1 Å². The van der Waals surface area contributed by atoms with Crippen molar-refractivity contribution in [2.24, 2.45) is 7.05 Å². The Bertz CT molecular complexity index is 1130. The first kappa shape index (κ1) is 19.6. The summed E-state index contributed by atoms with van der Waals surface area (Å²) in [5.74, 6) is -2.37. The van der Waals surface area contributed by atoms with E-state index in [0.717, 1.165) is 12.1 Å². The zero-order valence-electron chi connectivity index (χ0n) is 16.2. The molecule has 0 spiro atoms. The molecule has 0 fully saturated rings. The second-order valence-electron chi connectivity index (χ2n) is 6.84. The number of carbonyl (C=O) groups excluding carboxylic acids is 2. The maximum atomic E-state index is 13.4. The first-order chi connectivity index (χ1) is 14.3. The molecule has 3 heterocycles. The van der Waals surface area contributed by atoms with Crippen LogP contribution in [-0.2, 0) is 18.4 Å². The Morgan fingerprint density at radius 1 is 1.27 bits per heavy atom. The van der Waals surface area contributed by atoms with Gasteiger partial charge in [-0.05, 0) is 23.8 Å². The summed E-state index contributed by atoms with van der Waals surface area (Å²) in [6, 6.07) is 4.10. The summed E-state index contributed by atoms with van der Waals surface area (Å²) in [5, 5.41) is 10.8. The van der Waals surface area contributed by atoms with Crippen molar-refractivity contribution in [3.63, 3.8) is 0 Å². The number of likely N-dealkylation sites (N-methyl/N-ethyl adjacent to an activating group) is 1. The van der Waals surface area contributed by atoms with Gasteiger partial charge in [-0.25, -0.2) is 13.5 Å². The van der Waals surface area contributed by atoms with E-state index in [4.69, 9.17) is 4.74 Å². The van der Waals surface area contributed by atoms with Crippen LogP contribution in [0, 0.1) is 11.6 Å². The number of fused-ring (bicyclic) bond motifs is 1. The number of carbonyl (C=O) groups is 2. The van der Waals surface area contributed by atoms with Gasteiger partial charge < -0.3 is 15.0 Å². The number of aryl methyl sites for hydroxylation is 1. The van der Waals surface area contributed by atoms with Gasteiger partial charge in [0, 0.05) is 20.3 Å². The second kappa shape index (κ2) is 7.58. The van der Waals surface area contributed by atoms with Crippen molar-refractivity contribution >= 4 is 17.5 Å². The van der Waals surface area contributed by atoms with Gasteiger partial charge in [0.1, 0.15) is 24.0 Å². The molecule has 2 amide bonds. The minimum absolute atomic E-state index is 0.0585. The molecule has 156 valence electrons. The van der Waals surface area contributed by atoms with Crippen LogP contribution < -0.4 is 15.0 Å². The quantitative estimate of drug-likeness (QED) is 0.687. The third-order valence-electron chi connectivity index (χ3n) is 4.75. The number of aromatic nitrogens is 4. The fourth-order valence-electron chi connectivity index (χ4n) is 3.13. The van der Waals surface area contributed by atoms with E-state index < -0.39 is 23.6 Å². The van der Waals surface area contributed by atoms with E-state index in [1.165, 1.54) is 38.8 Å². The van der Waals surface area contributed by atoms with E-state index in [-0.39, 0.29) is 24.8 Å². The third kappa shape index (κ3) is 3.61. The van der Waals surface area contributed by atoms with Crippen LogP contribution in [0.2, 0.25) is 0 Å². The van der Waals surface area contributed by atoms with Crippen LogP contribution >= 0.6 is 0 Å². The number of anilines is 1. The summed E-state index contributed by atoms with van der Waals surface area (Å²) in [5.41, 5.74) is 1.08. The number of hydrogen-bond acceptors (Lipinski definition) is 5. The highest BCUT2D eigenvalue weighted by atomic mass is 19.2. The Kier molecular flexibility index (Phi) is 4.94. The summed E-state index contributed by atoms with van der Waals surface area (Å²) in [7, 11) is 3.27. The Morgan fingerprint density at radius 2 is 2.07 bits per heavy atom. The zero-order valence-corrected chi connectivity index (χ0v) is 16.2. The van der Waals surface area contributed by atoms with Gasteiger partial charge >= 0.3 is 0 Å². The lowest BCUT2D eigenvalue weighted by atomic mass is 10.2. The second-order valence-corrected chi connectivity index (χ2v) is 6.84. The number of halogens is 2. The Labute approximate surface area is 169 Å². The molecule has 1 unspecified atom stereocenters. The van der Waals surface area contributed by atoms with Gasteiger partial charge in [0.25, 0.3) is 11.8 Å². The van der Waals surface area contributed by atoms with Gasteiger partial charge in [-0.2, -0.15) is 10.2 Å². The SMILES string of the molecule is CN1C(=O)C(NC(=O)c2ccn(Cc3ccc(F)c(F)c3)n2)COc2c1cnn2C. The summed E-state index contributed by atoms with van der Waals surface area (Å²) in [4.78, 5) is 26.6. The van der Waals surface area contributed by atoms with Crippen molar-refractivity contribution in [1.82, 2.24) is 24.9 Å². The maximum absolute atomic E-state index is 13.4. The lowest BCUT2D eigenvalue weighted by molar-refractivity contribution is -0.120. The van der Waals surface area contributed by atoms with Gasteiger partial charge in [0.05, 0.1) is 12.7 Å². The average molecular weight is 416 g/mol. The summed E-state index contributed by atoms with van der Waals surface area (Å²) in [6.45, 7) is 0.0952. The molecule has 0 bridgehead atoms. The minimum atomic E-state index is -0.954. The molecule has 0 saturated heterocycles. The largest absolute Gasteiger partial charge is 0.474 e. The number of nitrogens with zero attached hydrogens (tertiary/aromatic N) is 5.